The van der Waals surface area contributed by atoms with Crippen LogP contribution in [0.5, 0.6) is 5.75 Å². The van der Waals surface area contributed by atoms with E-state index in [0.717, 1.165) is 36.7 Å². The third-order valence-electron chi connectivity index (χ3n) is 4.52. The second kappa shape index (κ2) is 4.77. The lowest BCUT2D eigenvalue weighted by Crippen LogP contribution is -2.13. The lowest BCUT2D eigenvalue weighted by atomic mass is 10.0. The number of nitrogens with zero attached hydrogens (tertiary/aromatic N) is 2. The lowest BCUT2D eigenvalue weighted by molar-refractivity contribution is 0.415. The fourth-order valence-electron chi connectivity index (χ4n) is 3.29. The summed E-state index contributed by atoms with van der Waals surface area (Å²) in [5.41, 5.74) is 2.35. The van der Waals surface area contributed by atoms with Gasteiger partial charge in [-0.1, -0.05) is 0 Å². The summed E-state index contributed by atoms with van der Waals surface area (Å²) in [4.78, 5) is 4.90. The largest absolute Gasteiger partial charge is 0.497 e. The van der Waals surface area contributed by atoms with Crippen LogP contribution < -0.4 is 10.1 Å². The smallest absolute Gasteiger partial charge is 0.121 e. The van der Waals surface area contributed by atoms with Crippen molar-refractivity contribution in [2.75, 3.05) is 20.2 Å². The van der Waals surface area contributed by atoms with Gasteiger partial charge in [0, 0.05) is 18.5 Å². The molecule has 4 rings (SSSR count). The van der Waals surface area contributed by atoms with Gasteiger partial charge in [0.15, 0.2) is 0 Å². The maximum Gasteiger partial charge on any atom is 0.121 e. The van der Waals surface area contributed by atoms with Gasteiger partial charge in [-0.05, 0) is 50.4 Å². The number of hydrogen-bond acceptors (Lipinski definition) is 3. The van der Waals surface area contributed by atoms with E-state index in [-0.39, 0.29) is 0 Å². The van der Waals surface area contributed by atoms with Crippen molar-refractivity contribution < 1.29 is 4.74 Å². The van der Waals surface area contributed by atoms with Crippen LogP contribution in [-0.2, 0) is 6.42 Å². The molecule has 2 aromatic rings. The third-order valence-corrected chi connectivity index (χ3v) is 4.52. The summed E-state index contributed by atoms with van der Waals surface area (Å²) in [6.45, 7) is 2.29. The average molecular weight is 271 g/mol. The van der Waals surface area contributed by atoms with Gasteiger partial charge in [-0.3, -0.25) is 0 Å². The predicted octanol–water partition coefficient (Wildman–Crippen LogP) is 2.53. The van der Waals surface area contributed by atoms with Crippen molar-refractivity contribution in [1.82, 2.24) is 14.9 Å². The minimum Gasteiger partial charge on any atom is -0.497 e. The maximum absolute atomic E-state index is 5.32. The lowest BCUT2D eigenvalue weighted by Gasteiger charge is -2.11. The number of aromatic nitrogens is 2. The molecule has 0 bridgehead atoms. The third kappa shape index (κ3) is 2.08. The molecule has 1 atom stereocenters. The minimum absolute atomic E-state index is 0.678. The molecule has 1 aliphatic carbocycles. The minimum atomic E-state index is 0.678. The van der Waals surface area contributed by atoms with Crippen molar-refractivity contribution in [2.24, 2.45) is 5.92 Å². The number of nitrogens with one attached hydrogen (secondary N) is 1. The molecule has 20 heavy (non-hydrogen) atoms. The molecule has 0 radical (unpaired) electrons. The Morgan fingerprint density at radius 3 is 2.95 bits per heavy atom. The molecule has 1 aromatic carbocycles. The van der Waals surface area contributed by atoms with Crippen LogP contribution in [0.2, 0.25) is 0 Å². The Bertz CT molecular complexity index is 624. The highest BCUT2D eigenvalue weighted by molar-refractivity contribution is 5.78. The zero-order valence-corrected chi connectivity index (χ0v) is 11.9. The van der Waals surface area contributed by atoms with E-state index in [4.69, 9.17) is 9.72 Å². The Labute approximate surface area is 119 Å². The highest BCUT2D eigenvalue weighted by Gasteiger charge is 2.29. The summed E-state index contributed by atoms with van der Waals surface area (Å²) in [5, 5.41) is 3.45. The van der Waals surface area contributed by atoms with Gasteiger partial charge < -0.3 is 14.6 Å². The van der Waals surface area contributed by atoms with Crippen molar-refractivity contribution >= 4 is 11.0 Å². The van der Waals surface area contributed by atoms with Crippen LogP contribution >= 0.6 is 0 Å². The first-order chi connectivity index (χ1) is 9.85. The SMILES string of the molecule is COc1ccc2c(c1)nc(CC1CCNC1)n2C1CC1. The highest BCUT2D eigenvalue weighted by Crippen LogP contribution is 2.39. The molecule has 2 aliphatic rings. The van der Waals surface area contributed by atoms with E-state index in [2.05, 4.69) is 22.0 Å². The van der Waals surface area contributed by atoms with Crippen LogP contribution in [0.4, 0.5) is 0 Å². The first-order valence-electron chi connectivity index (χ1n) is 7.60. The van der Waals surface area contributed by atoms with Gasteiger partial charge >= 0.3 is 0 Å². The normalized spacial score (nSPS) is 22.6. The van der Waals surface area contributed by atoms with Gasteiger partial charge in [-0.2, -0.15) is 0 Å². The monoisotopic (exact) mass is 271 g/mol. The summed E-state index contributed by atoms with van der Waals surface area (Å²) in [6.07, 6.45) is 4.97. The zero-order chi connectivity index (χ0) is 13.5. The molecule has 1 aromatic heterocycles. The fourth-order valence-corrected chi connectivity index (χ4v) is 3.29. The van der Waals surface area contributed by atoms with E-state index in [0.29, 0.717) is 6.04 Å². The fraction of sp³-hybridized carbons (Fsp3) is 0.562. The molecule has 4 heteroatoms. The Morgan fingerprint density at radius 1 is 1.35 bits per heavy atom. The van der Waals surface area contributed by atoms with Gasteiger partial charge in [0.2, 0.25) is 0 Å². The number of imidazole rings is 1. The summed E-state index contributed by atoms with van der Waals surface area (Å²) < 4.78 is 7.80. The second-order valence-corrected chi connectivity index (χ2v) is 6.05. The van der Waals surface area contributed by atoms with Crippen LogP contribution in [-0.4, -0.2) is 29.8 Å². The molecule has 2 heterocycles. The molecule has 1 N–H and O–H groups in total. The van der Waals surface area contributed by atoms with Crippen LogP contribution in [0, 0.1) is 5.92 Å². The second-order valence-electron chi connectivity index (χ2n) is 6.05. The standard InChI is InChI=1S/C16H21N3O/c1-20-13-4-5-15-14(9-13)18-16(19(15)12-2-3-12)8-11-6-7-17-10-11/h4-5,9,11-12,17H,2-3,6-8,10H2,1H3. The molecule has 106 valence electrons. The van der Waals surface area contributed by atoms with E-state index in [1.807, 2.05) is 6.07 Å². The first kappa shape index (κ1) is 12.2. The van der Waals surface area contributed by atoms with E-state index in [9.17, 15) is 0 Å². The first-order valence-corrected chi connectivity index (χ1v) is 7.60. The molecule has 0 spiro atoms. The van der Waals surface area contributed by atoms with Crippen LogP contribution in [0.15, 0.2) is 18.2 Å². The zero-order valence-electron chi connectivity index (χ0n) is 11.9. The van der Waals surface area contributed by atoms with Crippen molar-refractivity contribution in [3.63, 3.8) is 0 Å². The van der Waals surface area contributed by atoms with E-state index in [1.165, 1.54) is 30.6 Å². The molecule has 4 nitrogen and oxygen atoms in total. The van der Waals surface area contributed by atoms with Crippen LogP contribution in [0.3, 0.4) is 0 Å². The van der Waals surface area contributed by atoms with E-state index in [1.54, 1.807) is 7.11 Å². The summed E-state index contributed by atoms with van der Waals surface area (Å²) in [6, 6.07) is 6.95. The molecule has 1 aliphatic heterocycles. The van der Waals surface area contributed by atoms with E-state index < -0.39 is 0 Å². The molecule has 1 saturated carbocycles. The van der Waals surface area contributed by atoms with Crippen LogP contribution in [0.25, 0.3) is 11.0 Å². The Kier molecular flexibility index (Phi) is 2.91. The topological polar surface area (TPSA) is 39.1 Å². The van der Waals surface area contributed by atoms with Crippen molar-refractivity contribution in [1.29, 1.82) is 0 Å². The highest BCUT2D eigenvalue weighted by atomic mass is 16.5. The number of rotatable bonds is 4. The summed E-state index contributed by atoms with van der Waals surface area (Å²) >= 11 is 0. The van der Waals surface area contributed by atoms with Crippen LogP contribution in [0.1, 0.15) is 31.1 Å². The summed E-state index contributed by atoms with van der Waals surface area (Å²) in [5.74, 6) is 2.91. The predicted molar refractivity (Wildman–Crippen MR) is 79.2 cm³/mol. The quantitative estimate of drug-likeness (QED) is 0.928. The molecular formula is C16H21N3O. The molecular weight excluding hydrogens is 250 g/mol. The molecule has 1 saturated heterocycles. The number of benzene rings is 1. The number of ether oxygens (including phenoxy) is 1. The number of hydrogen-bond donors (Lipinski definition) is 1. The maximum atomic E-state index is 5.32. The van der Waals surface area contributed by atoms with Gasteiger partial charge in [0.05, 0.1) is 18.1 Å². The molecule has 1 unspecified atom stereocenters. The van der Waals surface area contributed by atoms with Gasteiger partial charge in [-0.25, -0.2) is 4.98 Å². The molecule has 0 amide bonds. The number of methoxy groups -OCH3 is 1. The van der Waals surface area contributed by atoms with Crippen molar-refractivity contribution in [3.8, 4) is 5.75 Å². The Balaban J connectivity index is 1.75. The Hall–Kier alpha value is -1.55. The average Bonchev–Trinajstić information content (AvgIpc) is 3.05. The van der Waals surface area contributed by atoms with Gasteiger partial charge in [0.25, 0.3) is 0 Å². The summed E-state index contributed by atoms with van der Waals surface area (Å²) in [7, 11) is 1.71. The Morgan fingerprint density at radius 2 is 2.25 bits per heavy atom. The van der Waals surface area contributed by atoms with Gasteiger partial charge in [-0.15, -0.1) is 0 Å². The van der Waals surface area contributed by atoms with Crippen molar-refractivity contribution in [2.45, 2.75) is 31.7 Å². The molecule has 2 fully saturated rings. The van der Waals surface area contributed by atoms with Gasteiger partial charge in [0.1, 0.15) is 11.6 Å². The number of fused-ring (bicyclic) bond motifs is 1. The van der Waals surface area contributed by atoms with E-state index >= 15 is 0 Å². The van der Waals surface area contributed by atoms with Crippen molar-refractivity contribution in [3.05, 3.63) is 24.0 Å².